The van der Waals surface area contributed by atoms with E-state index < -0.39 is 17.7 Å². The molecule has 0 radical (unpaired) electrons. The Balaban J connectivity index is 1.64. The van der Waals surface area contributed by atoms with Crippen molar-refractivity contribution in [1.82, 2.24) is 4.98 Å². The van der Waals surface area contributed by atoms with Crippen molar-refractivity contribution in [3.8, 4) is 5.75 Å². The molecule has 2 aromatic carbocycles. The second-order valence-electron chi connectivity index (χ2n) is 8.24. The number of aromatic nitrogens is 1. The Morgan fingerprint density at radius 1 is 1.23 bits per heavy atom. The van der Waals surface area contributed by atoms with Gasteiger partial charge in [0.1, 0.15) is 12.4 Å². The number of Topliss-reactive ketones (excluding diaryl/α,β-unsaturated/α-hetero) is 1. The van der Waals surface area contributed by atoms with Crippen molar-refractivity contribution >= 4 is 49.7 Å². The first kappa shape index (κ1) is 23.0. The number of carbonyl (C=O) groups excluding carboxylic acids is 2. The number of aliphatic hydroxyl groups excluding tert-OH is 1. The number of nitrogens with zero attached hydrogens (tertiary/aromatic N) is 2. The Morgan fingerprint density at radius 3 is 2.69 bits per heavy atom. The van der Waals surface area contributed by atoms with Crippen LogP contribution in [0.4, 0.5) is 5.13 Å². The Hall–Kier alpha value is -3.75. The molecule has 1 N–H and O–H groups in total. The predicted octanol–water partition coefficient (Wildman–Crippen LogP) is 6.32. The van der Waals surface area contributed by atoms with Gasteiger partial charge in [-0.1, -0.05) is 48.3 Å². The van der Waals surface area contributed by atoms with Crippen LogP contribution in [0.25, 0.3) is 10.2 Å². The lowest BCUT2D eigenvalue weighted by molar-refractivity contribution is -0.117. The topological polar surface area (TPSA) is 79.7 Å². The van der Waals surface area contributed by atoms with Crippen LogP contribution in [-0.2, 0) is 4.79 Å². The van der Waals surface area contributed by atoms with Gasteiger partial charge < -0.3 is 9.84 Å². The second kappa shape index (κ2) is 9.13. The van der Waals surface area contributed by atoms with Gasteiger partial charge in [-0.3, -0.25) is 14.5 Å². The smallest absolute Gasteiger partial charge is 0.296 e. The van der Waals surface area contributed by atoms with E-state index in [9.17, 15) is 14.7 Å². The average molecular weight is 503 g/mol. The van der Waals surface area contributed by atoms with E-state index >= 15 is 0 Å². The van der Waals surface area contributed by atoms with Gasteiger partial charge in [0.15, 0.2) is 10.9 Å². The minimum absolute atomic E-state index is 0.0457. The highest BCUT2D eigenvalue weighted by Gasteiger charge is 2.46. The molecule has 1 amide bonds. The number of carbonyl (C=O) groups is 2. The number of thiophene rings is 1. The minimum atomic E-state index is -0.826. The van der Waals surface area contributed by atoms with Gasteiger partial charge in [-0.25, -0.2) is 4.98 Å². The van der Waals surface area contributed by atoms with Gasteiger partial charge in [0, 0.05) is 0 Å². The molecule has 1 aliphatic rings. The van der Waals surface area contributed by atoms with E-state index in [-0.39, 0.29) is 11.4 Å². The Bertz CT molecular complexity index is 1480. The molecule has 0 aliphatic carbocycles. The van der Waals surface area contributed by atoms with Gasteiger partial charge in [-0.2, -0.15) is 0 Å². The lowest BCUT2D eigenvalue weighted by Gasteiger charge is -2.24. The number of hydrogen-bond donors (Lipinski definition) is 1. The third kappa shape index (κ3) is 4.05. The maximum atomic E-state index is 13.5. The summed E-state index contributed by atoms with van der Waals surface area (Å²) in [7, 11) is 0. The highest BCUT2D eigenvalue weighted by Crippen LogP contribution is 2.45. The first-order chi connectivity index (χ1) is 16.9. The summed E-state index contributed by atoms with van der Waals surface area (Å²) in [4.78, 5) is 33.5. The second-order valence-corrected chi connectivity index (χ2v) is 10.2. The molecule has 0 spiro atoms. The van der Waals surface area contributed by atoms with Crippen molar-refractivity contribution in [1.29, 1.82) is 0 Å². The van der Waals surface area contributed by atoms with E-state index in [0.717, 1.165) is 21.3 Å². The van der Waals surface area contributed by atoms with E-state index in [1.54, 1.807) is 47.9 Å². The molecule has 35 heavy (non-hydrogen) atoms. The number of benzene rings is 2. The molecule has 0 bridgehead atoms. The molecule has 5 rings (SSSR count). The Labute approximate surface area is 210 Å². The number of aryl methyl sites for hydroxylation is 2. The fourth-order valence-corrected chi connectivity index (χ4v) is 6.10. The zero-order valence-corrected chi connectivity index (χ0v) is 20.8. The molecule has 2 aromatic heterocycles. The van der Waals surface area contributed by atoms with Crippen LogP contribution in [0, 0.1) is 13.8 Å². The SMILES string of the molecule is C=CCOc1ccc(C2C(C(=O)c3cccs3)=C(O)C(=O)N2c2nc3c(C)cc(C)cc3s2)cc1. The average Bonchev–Trinajstić information content (AvgIpc) is 3.57. The normalized spacial score (nSPS) is 15.8. The minimum Gasteiger partial charge on any atom is -0.503 e. The summed E-state index contributed by atoms with van der Waals surface area (Å²) in [6.07, 6.45) is 1.65. The molecule has 1 atom stereocenters. The molecule has 3 heterocycles. The molecule has 0 saturated heterocycles. The number of rotatable bonds is 7. The molecule has 0 saturated carbocycles. The molecule has 4 aromatic rings. The zero-order valence-electron chi connectivity index (χ0n) is 19.1. The van der Waals surface area contributed by atoms with Crippen molar-refractivity contribution in [2.75, 3.05) is 11.5 Å². The summed E-state index contributed by atoms with van der Waals surface area (Å²) in [5, 5.41) is 13.2. The number of ether oxygens (including phenoxy) is 1. The molecule has 8 heteroatoms. The number of ketones is 1. The number of fused-ring (bicyclic) bond motifs is 1. The first-order valence-corrected chi connectivity index (χ1v) is 12.6. The number of aliphatic hydroxyl groups is 1. The van der Waals surface area contributed by atoms with Crippen LogP contribution in [-0.4, -0.2) is 28.4 Å². The number of anilines is 1. The standard InChI is InChI=1S/C27H22N2O4S2/c1-4-11-33-18-9-7-17(8-10-18)23-21(24(30)19-6-5-12-34-19)25(31)26(32)29(23)27-28-22-16(3)13-15(2)14-20(22)35-27/h4-10,12-14,23,31H,1,11H2,2-3H3. The van der Waals surface area contributed by atoms with E-state index in [2.05, 4.69) is 6.58 Å². The number of amides is 1. The Kier molecular flexibility index (Phi) is 6.00. The van der Waals surface area contributed by atoms with Crippen molar-refractivity contribution in [2.45, 2.75) is 19.9 Å². The van der Waals surface area contributed by atoms with Gasteiger partial charge in [0.05, 0.1) is 26.7 Å². The summed E-state index contributed by atoms with van der Waals surface area (Å²) in [6.45, 7) is 8.00. The van der Waals surface area contributed by atoms with Crippen molar-refractivity contribution in [3.05, 3.63) is 99.5 Å². The lowest BCUT2D eigenvalue weighted by atomic mass is 9.95. The third-order valence-corrected chi connectivity index (χ3v) is 7.66. The van der Waals surface area contributed by atoms with Crippen molar-refractivity contribution in [2.24, 2.45) is 0 Å². The molecule has 0 fully saturated rings. The first-order valence-electron chi connectivity index (χ1n) is 11.0. The van der Waals surface area contributed by atoms with Gasteiger partial charge >= 0.3 is 0 Å². The highest BCUT2D eigenvalue weighted by molar-refractivity contribution is 7.22. The van der Waals surface area contributed by atoms with Crippen molar-refractivity contribution < 1.29 is 19.4 Å². The molecule has 1 aliphatic heterocycles. The monoisotopic (exact) mass is 502 g/mol. The third-order valence-electron chi connectivity index (χ3n) is 5.79. The van der Waals surface area contributed by atoms with Crippen LogP contribution in [0.2, 0.25) is 0 Å². The van der Waals surface area contributed by atoms with E-state index in [1.165, 1.54) is 27.6 Å². The quantitative estimate of drug-likeness (QED) is 0.236. The Morgan fingerprint density at radius 2 is 2.00 bits per heavy atom. The maximum Gasteiger partial charge on any atom is 0.296 e. The maximum absolute atomic E-state index is 13.5. The van der Waals surface area contributed by atoms with Crippen LogP contribution in [0.5, 0.6) is 5.75 Å². The molecular weight excluding hydrogens is 480 g/mol. The lowest BCUT2D eigenvalue weighted by Crippen LogP contribution is -2.30. The highest BCUT2D eigenvalue weighted by atomic mass is 32.1. The van der Waals surface area contributed by atoms with Crippen LogP contribution in [0.3, 0.4) is 0 Å². The van der Waals surface area contributed by atoms with Crippen LogP contribution in [0.15, 0.2) is 77.9 Å². The van der Waals surface area contributed by atoms with E-state index in [1.807, 2.05) is 26.0 Å². The fourth-order valence-electron chi connectivity index (χ4n) is 4.25. The number of hydrogen-bond acceptors (Lipinski definition) is 7. The summed E-state index contributed by atoms with van der Waals surface area (Å²) in [5.41, 5.74) is 3.61. The summed E-state index contributed by atoms with van der Waals surface area (Å²) >= 11 is 2.63. The van der Waals surface area contributed by atoms with Crippen LogP contribution < -0.4 is 9.64 Å². The summed E-state index contributed by atoms with van der Waals surface area (Å²) < 4.78 is 6.53. The summed E-state index contributed by atoms with van der Waals surface area (Å²) in [6, 6.07) is 13.8. The van der Waals surface area contributed by atoms with Gasteiger partial charge in [-0.15, -0.1) is 11.3 Å². The molecular formula is C27H22N2O4S2. The van der Waals surface area contributed by atoms with Crippen molar-refractivity contribution in [3.63, 3.8) is 0 Å². The largest absolute Gasteiger partial charge is 0.503 e. The van der Waals surface area contributed by atoms with Crippen LogP contribution in [0.1, 0.15) is 32.4 Å². The van der Waals surface area contributed by atoms with E-state index in [4.69, 9.17) is 9.72 Å². The fraction of sp³-hybridized carbons (Fsp3) is 0.148. The zero-order chi connectivity index (χ0) is 24.7. The molecule has 176 valence electrons. The summed E-state index contributed by atoms with van der Waals surface area (Å²) in [5.74, 6) is -0.934. The van der Waals surface area contributed by atoms with Gasteiger partial charge in [0.25, 0.3) is 5.91 Å². The predicted molar refractivity (Wildman–Crippen MR) is 140 cm³/mol. The number of thiazole rings is 1. The molecule has 1 unspecified atom stereocenters. The van der Waals surface area contributed by atoms with E-state index in [0.29, 0.717) is 27.9 Å². The van der Waals surface area contributed by atoms with Gasteiger partial charge in [0.2, 0.25) is 5.78 Å². The van der Waals surface area contributed by atoms with Gasteiger partial charge in [-0.05, 0) is 60.2 Å². The molecule has 6 nitrogen and oxygen atoms in total. The van der Waals surface area contributed by atoms with Crippen LogP contribution >= 0.6 is 22.7 Å².